The zero-order chi connectivity index (χ0) is 19.4. The molecule has 6 nitrogen and oxygen atoms in total. The Kier molecular flexibility index (Phi) is 3.98. The molecule has 0 amide bonds. The van der Waals surface area contributed by atoms with Crippen LogP contribution in [0.1, 0.15) is 65.1 Å². The first-order chi connectivity index (χ1) is 12.0. The van der Waals surface area contributed by atoms with Gasteiger partial charge in [0.1, 0.15) is 17.1 Å². The van der Waals surface area contributed by atoms with E-state index in [0.29, 0.717) is 0 Å². The SMILES string of the molecule is C#C[C@]1(O)Cc2c(O)c3c(c(O)c2[C@@H](OC(C)(C)C)C1)C(=O)C=CC3=O. The summed E-state index contributed by atoms with van der Waals surface area (Å²) in [5.74, 6) is 0.255. The Morgan fingerprint density at radius 3 is 2.19 bits per heavy atom. The van der Waals surface area contributed by atoms with E-state index < -0.39 is 40.4 Å². The number of allylic oxidation sites excluding steroid dienone is 2. The molecule has 0 radical (unpaired) electrons. The van der Waals surface area contributed by atoms with Gasteiger partial charge in [-0.25, -0.2) is 0 Å². The summed E-state index contributed by atoms with van der Waals surface area (Å²) in [5.41, 5.74) is -2.47. The molecule has 0 aromatic heterocycles. The minimum absolute atomic E-state index is 0.0163. The number of phenols is 2. The zero-order valence-electron chi connectivity index (χ0n) is 14.8. The van der Waals surface area contributed by atoms with E-state index in [1.807, 2.05) is 0 Å². The molecule has 3 rings (SSSR count). The molecule has 0 saturated heterocycles. The first-order valence-corrected chi connectivity index (χ1v) is 8.23. The second-order valence-electron chi connectivity index (χ2n) is 7.68. The smallest absolute Gasteiger partial charge is 0.190 e. The molecule has 6 heteroatoms. The van der Waals surface area contributed by atoms with Crippen molar-refractivity contribution in [3.63, 3.8) is 0 Å². The first kappa shape index (κ1) is 18.2. The lowest BCUT2D eigenvalue weighted by Gasteiger charge is -2.39. The van der Waals surface area contributed by atoms with Gasteiger partial charge in [0.25, 0.3) is 0 Å². The van der Waals surface area contributed by atoms with Crippen molar-refractivity contribution in [3.05, 3.63) is 34.4 Å². The van der Waals surface area contributed by atoms with E-state index in [0.717, 1.165) is 12.2 Å². The van der Waals surface area contributed by atoms with Crippen molar-refractivity contribution in [1.29, 1.82) is 0 Å². The minimum atomic E-state index is -1.61. The van der Waals surface area contributed by atoms with E-state index in [4.69, 9.17) is 11.2 Å². The summed E-state index contributed by atoms with van der Waals surface area (Å²) in [5, 5.41) is 32.1. The molecule has 0 fully saturated rings. The van der Waals surface area contributed by atoms with Crippen LogP contribution in [0.25, 0.3) is 0 Å². The topological polar surface area (TPSA) is 104 Å². The van der Waals surface area contributed by atoms with Gasteiger partial charge in [0.15, 0.2) is 11.6 Å². The summed E-state index contributed by atoms with van der Waals surface area (Å²) in [4.78, 5) is 24.4. The molecule has 0 unspecified atom stereocenters. The van der Waals surface area contributed by atoms with Gasteiger partial charge >= 0.3 is 0 Å². The highest BCUT2D eigenvalue weighted by molar-refractivity contribution is 6.24. The fourth-order valence-electron chi connectivity index (χ4n) is 3.53. The number of ketones is 2. The van der Waals surface area contributed by atoms with Crippen LogP contribution >= 0.6 is 0 Å². The predicted octanol–water partition coefficient (Wildman–Crippen LogP) is 2.20. The van der Waals surface area contributed by atoms with Crippen LogP contribution in [0.2, 0.25) is 0 Å². The van der Waals surface area contributed by atoms with Gasteiger partial charge in [-0.15, -0.1) is 6.42 Å². The van der Waals surface area contributed by atoms with Crippen molar-refractivity contribution in [2.75, 3.05) is 0 Å². The number of ether oxygens (including phenoxy) is 1. The van der Waals surface area contributed by atoms with Crippen molar-refractivity contribution in [1.82, 2.24) is 0 Å². The van der Waals surface area contributed by atoms with Gasteiger partial charge in [0.2, 0.25) is 0 Å². The summed E-state index contributed by atoms with van der Waals surface area (Å²) >= 11 is 0. The average molecular weight is 356 g/mol. The molecule has 2 aliphatic rings. The van der Waals surface area contributed by atoms with Crippen LogP contribution in [0, 0.1) is 12.3 Å². The Hall–Kier alpha value is -2.62. The number of carbonyl (C=O) groups is 2. The Labute approximate surface area is 151 Å². The summed E-state index contributed by atoms with van der Waals surface area (Å²) in [6, 6.07) is 0. The number of carbonyl (C=O) groups excluding carboxylic acids is 2. The Balaban J connectivity index is 2.32. The molecular formula is C20H20O6. The van der Waals surface area contributed by atoms with Crippen LogP contribution in [0.4, 0.5) is 0 Å². The number of terminal acetylenes is 1. The molecule has 0 aliphatic heterocycles. The quantitative estimate of drug-likeness (QED) is 0.526. The van der Waals surface area contributed by atoms with Crippen LogP contribution < -0.4 is 0 Å². The maximum absolute atomic E-state index is 12.2. The van der Waals surface area contributed by atoms with Crippen molar-refractivity contribution < 1.29 is 29.6 Å². The van der Waals surface area contributed by atoms with E-state index in [-0.39, 0.29) is 35.1 Å². The van der Waals surface area contributed by atoms with Gasteiger partial charge < -0.3 is 20.1 Å². The van der Waals surface area contributed by atoms with Crippen LogP contribution in [-0.4, -0.2) is 38.1 Å². The maximum Gasteiger partial charge on any atom is 0.190 e. The summed E-state index contributed by atoms with van der Waals surface area (Å²) in [7, 11) is 0. The average Bonchev–Trinajstić information content (AvgIpc) is 2.52. The summed E-state index contributed by atoms with van der Waals surface area (Å²) < 4.78 is 5.95. The molecular weight excluding hydrogens is 336 g/mol. The lowest BCUT2D eigenvalue weighted by molar-refractivity contribution is -0.0956. The number of benzene rings is 1. The highest BCUT2D eigenvalue weighted by atomic mass is 16.5. The third-order valence-corrected chi connectivity index (χ3v) is 4.55. The minimum Gasteiger partial charge on any atom is -0.507 e. The zero-order valence-corrected chi connectivity index (χ0v) is 14.8. The van der Waals surface area contributed by atoms with E-state index in [2.05, 4.69) is 5.92 Å². The third-order valence-electron chi connectivity index (χ3n) is 4.55. The van der Waals surface area contributed by atoms with Gasteiger partial charge in [0, 0.05) is 24.0 Å². The monoisotopic (exact) mass is 356 g/mol. The standard InChI is InChI=1S/C20H20O6/c1-5-20(25)8-10-14(13(9-20)26-19(2,3)4)18(24)16-12(22)7-6-11(21)15(16)17(10)23/h1,6-7,13,23-25H,8-9H2,2-4H3/t13-,20-/m0/s1. The largest absolute Gasteiger partial charge is 0.507 e. The number of aromatic hydroxyl groups is 2. The van der Waals surface area contributed by atoms with Crippen molar-refractivity contribution in [3.8, 4) is 23.8 Å². The van der Waals surface area contributed by atoms with E-state index >= 15 is 0 Å². The number of rotatable bonds is 1. The third kappa shape index (κ3) is 2.79. The number of hydrogen-bond donors (Lipinski definition) is 3. The number of hydrogen-bond acceptors (Lipinski definition) is 6. The van der Waals surface area contributed by atoms with Gasteiger partial charge in [-0.1, -0.05) is 5.92 Å². The van der Waals surface area contributed by atoms with Crippen molar-refractivity contribution in [2.45, 2.75) is 50.9 Å². The van der Waals surface area contributed by atoms with E-state index in [1.54, 1.807) is 20.8 Å². The second-order valence-corrected chi connectivity index (χ2v) is 7.68. The molecule has 2 atom stereocenters. The molecule has 0 spiro atoms. The molecule has 26 heavy (non-hydrogen) atoms. The fourth-order valence-corrected chi connectivity index (χ4v) is 3.53. The molecule has 1 aromatic carbocycles. The number of phenolic OH excluding ortho intramolecular Hbond substituents is 2. The van der Waals surface area contributed by atoms with Crippen LogP contribution in [-0.2, 0) is 11.2 Å². The van der Waals surface area contributed by atoms with Crippen LogP contribution in [0.3, 0.4) is 0 Å². The van der Waals surface area contributed by atoms with E-state index in [1.165, 1.54) is 0 Å². The highest BCUT2D eigenvalue weighted by Gasteiger charge is 2.44. The molecule has 0 saturated carbocycles. The Morgan fingerprint density at radius 1 is 1.15 bits per heavy atom. The van der Waals surface area contributed by atoms with Crippen molar-refractivity contribution in [2.24, 2.45) is 0 Å². The second kappa shape index (κ2) is 5.70. The fraction of sp³-hybridized carbons (Fsp3) is 0.400. The summed E-state index contributed by atoms with van der Waals surface area (Å²) in [6.45, 7) is 5.38. The Bertz CT molecular complexity index is 897. The molecule has 1 aromatic rings. The van der Waals surface area contributed by atoms with Crippen molar-refractivity contribution >= 4 is 11.6 Å². The maximum atomic E-state index is 12.2. The molecule has 0 heterocycles. The lowest BCUT2D eigenvalue weighted by Crippen LogP contribution is -2.39. The lowest BCUT2D eigenvalue weighted by atomic mass is 9.75. The molecule has 0 bridgehead atoms. The predicted molar refractivity (Wildman–Crippen MR) is 93.3 cm³/mol. The number of aliphatic hydroxyl groups is 1. The normalized spacial score (nSPS) is 24.8. The highest BCUT2D eigenvalue weighted by Crippen LogP contribution is 2.50. The van der Waals surface area contributed by atoms with Gasteiger partial charge in [-0.3, -0.25) is 9.59 Å². The van der Waals surface area contributed by atoms with E-state index in [9.17, 15) is 24.9 Å². The summed E-state index contributed by atoms with van der Waals surface area (Å²) in [6.07, 6.45) is 6.51. The Morgan fingerprint density at radius 2 is 1.69 bits per heavy atom. The molecule has 136 valence electrons. The molecule has 3 N–H and O–H groups in total. The van der Waals surface area contributed by atoms with Crippen LogP contribution in [0.5, 0.6) is 11.5 Å². The van der Waals surface area contributed by atoms with Crippen LogP contribution in [0.15, 0.2) is 12.2 Å². The first-order valence-electron chi connectivity index (χ1n) is 8.23. The van der Waals surface area contributed by atoms with Gasteiger partial charge in [-0.05, 0) is 32.9 Å². The number of fused-ring (bicyclic) bond motifs is 2. The molecule has 2 aliphatic carbocycles. The van der Waals surface area contributed by atoms with Gasteiger partial charge in [0.05, 0.1) is 22.8 Å². The van der Waals surface area contributed by atoms with Gasteiger partial charge in [-0.2, -0.15) is 0 Å².